The van der Waals surface area contributed by atoms with Crippen LogP contribution in [0.1, 0.15) is 136 Å². The van der Waals surface area contributed by atoms with Crippen molar-refractivity contribution in [2.24, 2.45) is 0 Å². The molecule has 40 nitrogen and oxygen atoms in total. The summed E-state index contributed by atoms with van der Waals surface area (Å²) < 4.78 is 32.9. The van der Waals surface area contributed by atoms with Gasteiger partial charge in [-0.15, -0.1) is 0 Å². The predicted octanol–water partition coefficient (Wildman–Crippen LogP) is 21.5. The van der Waals surface area contributed by atoms with Crippen molar-refractivity contribution in [1.29, 1.82) is 0 Å². The Morgan fingerprint density at radius 1 is 0.250 bits per heavy atom. The molecule has 0 unspecified atom stereocenters. The lowest BCUT2D eigenvalue weighted by atomic mass is 10.1. The van der Waals surface area contributed by atoms with E-state index in [-0.39, 0.29) is 22.3 Å². The van der Waals surface area contributed by atoms with E-state index in [0.29, 0.717) is 61.2 Å². The summed E-state index contributed by atoms with van der Waals surface area (Å²) in [7, 11) is 0. The van der Waals surface area contributed by atoms with Crippen molar-refractivity contribution in [2.75, 3.05) is 26.6 Å². The van der Waals surface area contributed by atoms with Gasteiger partial charge in [0.05, 0.1) is 147 Å². The average Bonchev–Trinajstić information content (AvgIpc) is 1.65. The van der Waals surface area contributed by atoms with Crippen LogP contribution in [0.2, 0.25) is 0 Å². The van der Waals surface area contributed by atoms with Crippen molar-refractivity contribution in [1.82, 2.24) is 170 Å². The Labute approximate surface area is 869 Å². The van der Waals surface area contributed by atoms with Gasteiger partial charge in [-0.1, -0.05) is 46.5 Å². The third-order valence-electron chi connectivity index (χ3n) is 22.9. The molecule has 0 saturated heterocycles. The topological polar surface area (TPSA) is 483 Å². The minimum atomic E-state index is 0. The minimum absolute atomic E-state index is 0. The Morgan fingerprint density at radius 2 is 0.561 bits per heavy atom. The molecule has 45 heteroatoms. The molecule has 0 radical (unpaired) electrons. The first kappa shape index (κ1) is 100. The van der Waals surface area contributed by atoms with E-state index < -0.39 is 0 Å². The van der Waals surface area contributed by atoms with Crippen molar-refractivity contribution in [3.63, 3.8) is 0 Å². The van der Waals surface area contributed by atoms with Crippen molar-refractivity contribution >= 4 is 140 Å². The molecule has 0 aliphatic heterocycles. The highest BCUT2D eigenvalue weighted by Crippen LogP contribution is 2.36. The minimum Gasteiger partial charge on any atom is -0.328 e. The molecule has 0 aliphatic rings. The number of hydrogen-bond acceptors (Lipinski definition) is 35. The number of hydrogen-bond donors (Lipinski definition) is 10. The summed E-state index contributed by atoms with van der Waals surface area (Å²) in [6.45, 7) is 20.0. The highest BCUT2D eigenvalue weighted by Gasteiger charge is 2.23. The largest absolute Gasteiger partial charge is 0.328 e. The van der Waals surface area contributed by atoms with Crippen LogP contribution in [0.4, 0.5) is 54.1 Å². The summed E-state index contributed by atoms with van der Waals surface area (Å²) in [5.41, 5.74) is 33.5. The first-order chi connectivity index (χ1) is 70.8. The number of aryl methyl sites for hydroxylation is 10. The number of aromatic amines is 5. The fraction of sp³-hybridized carbons (Fsp3) is 0.175. The second-order valence-corrected chi connectivity index (χ2v) is 38.2. The lowest BCUT2D eigenvalue weighted by molar-refractivity contribution is 1.02. The summed E-state index contributed by atoms with van der Waals surface area (Å²) in [5.74, 6) is 3.49. The van der Waals surface area contributed by atoms with Crippen molar-refractivity contribution in [2.45, 2.75) is 124 Å². The van der Waals surface area contributed by atoms with Crippen LogP contribution < -0.4 is 26.6 Å². The van der Waals surface area contributed by atoms with Gasteiger partial charge in [0.1, 0.15) is 25.0 Å². The number of anilines is 10. The smallest absolute Gasteiger partial charge is 0.180 e. The molecule has 10 N–H and O–H groups in total. The van der Waals surface area contributed by atoms with E-state index in [0.717, 1.165) is 206 Å². The zero-order chi connectivity index (χ0) is 99.0. The first-order valence-corrected chi connectivity index (χ1v) is 49.6. The molecule has 25 rings (SSSR count). The summed E-state index contributed by atoms with van der Waals surface area (Å²) in [6, 6.07) is 32.4. The molecule has 0 aliphatic carbocycles. The van der Waals surface area contributed by atoms with E-state index in [1.54, 1.807) is 31.0 Å². The maximum absolute atomic E-state index is 4.65. The monoisotopic (exact) mass is 2060 g/mol. The van der Waals surface area contributed by atoms with Gasteiger partial charge in [-0.25, -0.2) is 49.8 Å². The van der Waals surface area contributed by atoms with Gasteiger partial charge in [0.2, 0.25) is 0 Å². The Kier molecular flexibility index (Phi) is 30.4. The molecule has 0 amide bonds. The summed E-state index contributed by atoms with van der Waals surface area (Å²) in [6.07, 6.45) is 48.0. The normalized spacial score (nSPS) is 11.0. The van der Waals surface area contributed by atoms with Gasteiger partial charge >= 0.3 is 0 Å². The van der Waals surface area contributed by atoms with Crippen molar-refractivity contribution < 1.29 is 0 Å². The van der Waals surface area contributed by atoms with Gasteiger partial charge in [-0.3, -0.25) is 72.4 Å². The Bertz CT molecular complexity index is 8350. The van der Waals surface area contributed by atoms with Crippen LogP contribution in [0.3, 0.4) is 0 Å². The molecule has 25 aromatic heterocycles. The zero-order valence-electron chi connectivity index (χ0n) is 79.6. The van der Waals surface area contributed by atoms with Crippen LogP contribution in [-0.2, 0) is 32.1 Å². The molecule has 0 fully saturated rings. The number of rotatable bonds is 25. The fourth-order valence-electron chi connectivity index (χ4n) is 16.1. The maximum atomic E-state index is 4.65. The average molecular weight is 2060 g/mol. The molecule has 0 bridgehead atoms. The number of nitrogens with one attached hydrogen (secondary N) is 10. The van der Waals surface area contributed by atoms with Gasteiger partial charge in [-0.05, 0) is 222 Å². The summed E-state index contributed by atoms with van der Waals surface area (Å²) in [4.78, 5) is 68.4. The lowest BCUT2D eigenvalue weighted by Gasteiger charge is -2.07. The second kappa shape index (κ2) is 44.9. The van der Waals surface area contributed by atoms with E-state index in [1.807, 2.05) is 261 Å². The predicted molar refractivity (Wildman–Crippen MR) is 583 cm³/mol. The van der Waals surface area contributed by atoms with Gasteiger partial charge in [0, 0.05) is 181 Å². The number of aromatic nitrogens is 35. The number of fused-ring (bicyclic) bond motifs is 5. The van der Waals surface area contributed by atoms with Crippen LogP contribution >= 0.6 is 57.7 Å². The molecular formula is C103H102N40S5. The highest BCUT2D eigenvalue weighted by molar-refractivity contribution is 7.11. The third-order valence-corrected chi connectivity index (χ3v) is 26.7. The van der Waals surface area contributed by atoms with Crippen LogP contribution in [0.25, 0.3) is 84.5 Å². The van der Waals surface area contributed by atoms with E-state index in [2.05, 4.69) is 219 Å². The van der Waals surface area contributed by atoms with Crippen LogP contribution in [0.5, 0.6) is 0 Å². The molecule has 148 heavy (non-hydrogen) atoms. The molecule has 0 saturated carbocycles. The molecule has 0 spiro atoms. The number of pyridine rings is 5. The first-order valence-electron chi connectivity index (χ1n) is 45.7. The molecule has 0 atom stereocenters. The maximum Gasteiger partial charge on any atom is 0.180 e. The molecular weight excluding hydrogens is 1960 g/mol. The van der Waals surface area contributed by atoms with Crippen molar-refractivity contribution in [3.8, 4) is 56.3 Å². The second-order valence-electron chi connectivity index (χ2n) is 34.2. The molecule has 0 aromatic carbocycles. The standard InChI is InChI=1S/5C20H18N8S.3CH4/c1-12-3-4-15(21-7-12)5-16-6-18(29-27-16)26-19-20-22-10-17(14-8-23-24-9-14)28(20)11-13(2)25-19;1-12-3-4-21-15(5-12)6-16-7-18(29-27-16)26-19-20-22-10-17(14-8-23-24-9-14)28(20)11-13(2)25-19;2*1-12-4-3-5-21-16(12)6-15-7-18(29-27-15)26-19-20-22-10-17(14-8-23-24-9-14)28(20)11-13(2)25-19;1-12-4-3-5-15(24-12)6-16-7-18(29-27-16)26-19-20-21-10-17(14-8-22-23-9-14)28(20)11-13(2)25-19;;;/h3-4,6-11H,5H2,1-2H3,(H,23,24)(H,25,26);3*3-5,7-11H,6H2,1-2H3,(H,23,24)(H,25,26);3-5,7-11H,6H2,1-2H3,(H,22,23)(H,25,26);3*1H4. The van der Waals surface area contributed by atoms with E-state index in [1.165, 1.54) is 74.4 Å². The highest BCUT2D eigenvalue weighted by atomic mass is 32.1. The van der Waals surface area contributed by atoms with E-state index >= 15 is 0 Å². The van der Waals surface area contributed by atoms with E-state index in [4.69, 9.17) is 0 Å². The third kappa shape index (κ3) is 23.1. The van der Waals surface area contributed by atoms with Crippen LogP contribution in [-0.4, -0.2) is 170 Å². The number of H-pyrrole nitrogens is 5. The lowest BCUT2D eigenvalue weighted by Crippen LogP contribution is -2.00. The Balaban J connectivity index is 0.000000120. The quantitative estimate of drug-likeness (QED) is 0.0254. The van der Waals surface area contributed by atoms with Crippen molar-refractivity contribution in [3.05, 3.63) is 359 Å². The zero-order valence-corrected chi connectivity index (χ0v) is 83.7. The SMILES string of the molecule is C.C.C.Cc1ccc(Cc2cc(Nc3nc(C)cn4c(-c5cn[nH]c5)cnc34)sn2)nc1.Cc1cccc(Cc2cc(Nc3nc(C)cn4c(-c5cn[nH]c5)cnc34)sn2)n1.Cc1ccnc(Cc2cc(Nc3nc(C)cn4c(-c5cn[nH]c5)cnc34)sn2)c1.Cc1cn2c(-c3cn[nH]c3)cnc2c(Nc2cc(Cc3ncccc3C)ns2)n1.Cc1cn2c(-c3cn[nH]c3)cnc2c(Nc2cc(Cc3ncccc3C)ns2)n1. The molecule has 25 aromatic rings. The van der Waals surface area contributed by atoms with Gasteiger partial charge < -0.3 is 26.6 Å². The van der Waals surface area contributed by atoms with E-state index in [9.17, 15) is 0 Å². The van der Waals surface area contributed by atoms with Crippen LogP contribution in [0.15, 0.2) is 246 Å². The molecule has 744 valence electrons. The van der Waals surface area contributed by atoms with Gasteiger partial charge in [0.25, 0.3) is 0 Å². The van der Waals surface area contributed by atoms with Crippen LogP contribution in [0, 0.1) is 69.2 Å². The number of nitrogens with zero attached hydrogens (tertiary/aromatic N) is 30. The van der Waals surface area contributed by atoms with Gasteiger partial charge in [0.15, 0.2) is 57.3 Å². The summed E-state index contributed by atoms with van der Waals surface area (Å²) >= 11 is 7.03. The number of imidazole rings is 5. The molecule has 25 heterocycles. The van der Waals surface area contributed by atoms with Gasteiger partial charge in [-0.2, -0.15) is 47.4 Å². The fourth-order valence-corrected chi connectivity index (χ4v) is 19.5. The summed E-state index contributed by atoms with van der Waals surface area (Å²) in [5, 5.41) is 55.9. The Morgan fingerprint density at radius 3 is 0.845 bits per heavy atom. The Hall–Kier alpha value is -18.0.